The molecule has 0 fully saturated rings. The molecule has 0 saturated carbocycles. The predicted molar refractivity (Wildman–Crippen MR) is 76.2 cm³/mol. The molecule has 5 nitrogen and oxygen atoms in total. The Labute approximate surface area is 124 Å². The monoisotopic (exact) mass is 304 g/mol. The van der Waals surface area contributed by atoms with E-state index in [1.807, 2.05) is 0 Å². The first-order chi connectivity index (χ1) is 10.1. The maximum atomic E-state index is 13.0. The van der Waals surface area contributed by atoms with Crippen molar-refractivity contribution in [2.24, 2.45) is 0 Å². The Balaban J connectivity index is 1.85. The Hall–Kier alpha value is -2.47. The summed E-state index contributed by atoms with van der Waals surface area (Å²) in [5.74, 6) is 0.382. The van der Waals surface area contributed by atoms with E-state index in [4.69, 9.17) is 21.9 Å². The molecule has 2 heterocycles. The molecule has 106 valence electrons. The van der Waals surface area contributed by atoms with E-state index in [2.05, 4.69) is 15.1 Å². The quantitative estimate of drug-likeness (QED) is 0.804. The lowest BCUT2D eigenvalue weighted by molar-refractivity contribution is 0.424. The van der Waals surface area contributed by atoms with Crippen molar-refractivity contribution >= 4 is 17.3 Å². The van der Waals surface area contributed by atoms with Crippen LogP contribution in [0.25, 0.3) is 11.5 Å². The molecule has 2 aromatic heterocycles. The first-order valence-electron chi connectivity index (χ1n) is 6.09. The Bertz CT molecular complexity index is 790. The second-order valence-electron chi connectivity index (χ2n) is 4.44. The van der Waals surface area contributed by atoms with Gasteiger partial charge in [-0.25, -0.2) is 4.39 Å². The highest BCUT2D eigenvalue weighted by Crippen LogP contribution is 2.22. The number of nitrogens with zero attached hydrogens (tertiary/aromatic N) is 3. The molecule has 2 N–H and O–H groups in total. The second kappa shape index (κ2) is 5.49. The van der Waals surface area contributed by atoms with Crippen LogP contribution in [0.2, 0.25) is 5.02 Å². The van der Waals surface area contributed by atoms with Crippen LogP contribution < -0.4 is 5.73 Å². The van der Waals surface area contributed by atoms with Crippen molar-refractivity contribution in [1.82, 2.24) is 15.1 Å². The Morgan fingerprint density at radius 1 is 1.24 bits per heavy atom. The first kappa shape index (κ1) is 13.5. The summed E-state index contributed by atoms with van der Waals surface area (Å²) in [5.41, 5.74) is 7.52. The molecule has 7 heteroatoms. The number of nitrogen functional groups attached to an aromatic ring is 1. The maximum Gasteiger partial charge on any atom is 0.259 e. The van der Waals surface area contributed by atoms with Gasteiger partial charge in [-0.2, -0.15) is 4.98 Å². The summed E-state index contributed by atoms with van der Waals surface area (Å²) in [5, 5.41) is 4.20. The molecule has 0 unspecified atom stereocenters. The van der Waals surface area contributed by atoms with E-state index in [-0.39, 0.29) is 5.82 Å². The van der Waals surface area contributed by atoms with Gasteiger partial charge in [-0.05, 0) is 23.8 Å². The number of benzene rings is 1. The number of pyridine rings is 1. The number of anilines is 1. The molecule has 0 spiro atoms. The van der Waals surface area contributed by atoms with Crippen molar-refractivity contribution in [3.8, 4) is 11.5 Å². The number of rotatable bonds is 3. The molecule has 0 aliphatic heterocycles. The van der Waals surface area contributed by atoms with E-state index >= 15 is 0 Å². The summed E-state index contributed by atoms with van der Waals surface area (Å²) in [6.45, 7) is 0. The molecule has 1 aromatic carbocycles. The number of nitrogens with two attached hydrogens (primary N) is 1. The van der Waals surface area contributed by atoms with Crippen molar-refractivity contribution in [3.63, 3.8) is 0 Å². The number of aromatic nitrogens is 3. The zero-order valence-electron chi connectivity index (χ0n) is 10.8. The van der Waals surface area contributed by atoms with E-state index in [0.717, 1.165) is 5.56 Å². The minimum atomic E-state index is -0.386. The van der Waals surface area contributed by atoms with Crippen LogP contribution in [-0.2, 0) is 6.42 Å². The molecule has 0 aliphatic carbocycles. The third-order valence-corrected chi connectivity index (χ3v) is 3.19. The van der Waals surface area contributed by atoms with Gasteiger partial charge in [0.2, 0.25) is 0 Å². The van der Waals surface area contributed by atoms with Gasteiger partial charge in [-0.3, -0.25) is 4.98 Å². The average Bonchev–Trinajstić information content (AvgIpc) is 2.91. The van der Waals surface area contributed by atoms with Gasteiger partial charge in [0.25, 0.3) is 5.89 Å². The van der Waals surface area contributed by atoms with Crippen molar-refractivity contribution < 1.29 is 8.91 Å². The van der Waals surface area contributed by atoms with Crippen LogP contribution in [0.5, 0.6) is 0 Å². The summed E-state index contributed by atoms with van der Waals surface area (Å²) in [6.07, 6.45) is 3.45. The highest BCUT2D eigenvalue weighted by Gasteiger charge is 2.12. The van der Waals surface area contributed by atoms with E-state index in [9.17, 15) is 4.39 Å². The average molecular weight is 305 g/mol. The fraction of sp³-hybridized carbons (Fsp3) is 0.0714. The Morgan fingerprint density at radius 3 is 2.86 bits per heavy atom. The molecular formula is C14H10ClFN4O. The van der Waals surface area contributed by atoms with Gasteiger partial charge in [0, 0.05) is 23.8 Å². The third kappa shape index (κ3) is 3.00. The number of hydrogen-bond acceptors (Lipinski definition) is 5. The predicted octanol–water partition coefficient (Wildman–Crippen LogP) is 3.10. The van der Waals surface area contributed by atoms with Crippen LogP contribution in [0, 0.1) is 5.82 Å². The smallest absolute Gasteiger partial charge is 0.259 e. The Kier molecular flexibility index (Phi) is 3.53. The van der Waals surface area contributed by atoms with E-state index in [1.54, 1.807) is 18.3 Å². The topological polar surface area (TPSA) is 77.8 Å². The third-order valence-electron chi connectivity index (χ3n) is 2.84. The molecule has 0 radical (unpaired) electrons. The van der Waals surface area contributed by atoms with Crippen LogP contribution in [0.1, 0.15) is 11.4 Å². The standard InChI is InChI=1S/C14H10ClFN4O/c15-12-5-10(16)2-1-8(12)4-13-19-14(21-20-13)9-3-11(17)7-18-6-9/h1-3,5-7H,4,17H2. The molecule has 3 aromatic rings. The van der Waals surface area contributed by atoms with Crippen molar-refractivity contribution in [2.75, 3.05) is 5.73 Å². The summed E-state index contributed by atoms with van der Waals surface area (Å²) >= 11 is 5.97. The van der Waals surface area contributed by atoms with Gasteiger partial charge in [-0.1, -0.05) is 22.8 Å². The van der Waals surface area contributed by atoms with E-state index in [1.165, 1.54) is 18.3 Å². The second-order valence-corrected chi connectivity index (χ2v) is 4.84. The van der Waals surface area contributed by atoms with E-state index < -0.39 is 0 Å². The van der Waals surface area contributed by atoms with Gasteiger partial charge in [0.05, 0.1) is 11.3 Å². The SMILES string of the molecule is Nc1cncc(-c2nc(Cc3ccc(F)cc3Cl)no2)c1. The lowest BCUT2D eigenvalue weighted by atomic mass is 10.1. The summed E-state index contributed by atoms with van der Waals surface area (Å²) in [6, 6.07) is 5.87. The number of halogens is 2. The Morgan fingerprint density at radius 2 is 2.10 bits per heavy atom. The van der Waals surface area contributed by atoms with Crippen LogP contribution in [0.4, 0.5) is 10.1 Å². The van der Waals surface area contributed by atoms with Crippen LogP contribution in [0.15, 0.2) is 41.2 Å². The lowest BCUT2D eigenvalue weighted by Gasteiger charge is -2.00. The molecule has 0 atom stereocenters. The van der Waals surface area contributed by atoms with Gasteiger partial charge in [-0.15, -0.1) is 0 Å². The van der Waals surface area contributed by atoms with Crippen molar-refractivity contribution in [2.45, 2.75) is 6.42 Å². The molecule has 0 bridgehead atoms. The zero-order chi connectivity index (χ0) is 14.8. The molecular weight excluding hydrogens is 295 g/mol. The molecule has 0 aliphatic rings. The minimum absolute atomic E-state index is 0.322. The minimum Gasteiger partial charge on any atom is -0.397 e. The maximum absolute atomic E-state index is 13.0. The summed E-state index contributed by atoms with van der Waals surface area (Å²) in [4.78, 5) is 8.22. The summed E-state index contributed by atoms with van der Waals surface area (Å²) < 4.78 is 18.2. The van der Waals surface area contributed by atoms with Gasteiger partial charge >= 0.3 is 0 Å². The van der Waals surface area contributed by atoms with Gasteiger partial charge < -0.3 is 10.3 Å². The normalized spacial score (nSPS) is 10.8. The lowest BCUT2D eigenvalue weighted by Crippen LogP contribution is -1.93. The van der Waals surface area contributed by atoms with Crippen molar-refractivity contribution in [3.05, 3.63) is 58.9 Å². The highest BCUT2D eigenvalue weighted by molar-refractivity contribution is 6.31. The largest absolute Gasteiger partial charge is 0.397 e. The van der Waals surface area contributed by atoms with Crippen LogP contribution in [-0.4, -0.2) is 15.1 Å². The molecule has 3 rings (SSSR count). The fourth-order valence-corrected chi connectivity index (χ4v) is 2.09. The number of hydrogen-bond donors (Lipinski definition) is 1. The van der Waals surface area contributed by atoms with Gasteiger partial charge in [0.1, 0.15) is 5.82 Å². The summed E-state index contributed by atoms with van der Waals surface area (Å²) in [7, 11) is 0. The highest BCUT2D eigenvalue weighted by atomic mass is 35.5. The first-order valence-corrected chi connectivity index (χ1v) is 6.47. The van der Waals surface area contributed by atoms with E-state index in [0.29, 0.717) is 34.4 Å². The molecule has 0 saturated heterocycles. The fourth-order valence-electron chi connectivity index (χ4n) is 1.85. The van der Waals surface area contributed by atoms with Crippen LogP contribution in [0.3, 0.4) is 0 Å². The molecule has 0 amide bonds. The van der Waals surface area contributed by atoms with Crippen molar-refractivity contribution in [1.29, 1.82) is 0 Å². The molecule has 21 heavy (non-hydrogen) atoms. The zero-order valence-corrected chi connectivity index (χ0v) is 11.5. The van der Waals surface area contributed by atoms with Gasteiger partial charge in [0.15, 0.2) is 5.82 Å². The van der Waals surface area contributed by atoms with Crippen LogP contribution >= 0.6 is 11.6 Å².